The number of hydrogen-bond acceptors (Lipinski definition) is 6. The molecule has 0 atom stereocenters. The molecular weight excluding hydrogens is 274 g/mol. The van der Waals surface area contributed by atoms with Crippen LogP contribution < -0.4 is 11.1 Å². The number of ether oxygens (including phenoxy) is 1. The summed E-state index contributed by atoms with van der Waals surface area (Å²) in [7, 11) is 1.31. The van der Waals surface area contributed by atoms with E-state index in [4.69, 9.17) is 5.73 Å². The molecule has 20 heavy (non-hydrogen) atoms. The fraction of sp³-hybridized carbons (Fsp3) is 0.143. The van der Waals surface area contributed by atoms with Crippen molar-refractivity contribution >= 4 is 34.9 Å². The number of pyridine rings is 1. The van der Waals surface area contributed by atoms with Crippen LogP contribution in [-0.2, 0) is 4.74 Å². The van der Waals surface area contributed by atoms with Crippen molar-refractivity contribution in [1.29, 1.82) is 0 Å². The fourth-order valence-electron chi connectivity index (χ4n) is 1.63. The lowest BCUT2D eigenvalue weighted by molar-refractivity contribution is 0.0594. The van der Waals surface area contributed by atoms with E-state index in [1.165, 1.54) is 13.2 Å². The number of carbonyl (C=O) groups is 1. The van der Waals surface area contributed by atoms with Gasteiger partial charge in [-0.1, -0.05) is 6.07 Å². The molecule has 0 aliphatic carbocycles. The third kappa shape index (κ3) is 3.21. The van der Waals surface area contributed by atoms with Crippen LogP contribution in [0.1, 0.15) is 10.5 Å². The molecule has 0 unspecified atom stereocenters. The minimum atomic E-state index is -0.495. The van der Waals surface area contributed by atoms with Gasteiger partial charge in [0.25, 0.3) is 0 Å². The molecule has 5 nitrogen and oxygen atoms in total. The van der Waals surface area contributed by atoms with Crippen molar-refractivity contribution in [3.8, 4) is 0 Å². The molecule has 1 aromatic heterocycles. The first kappa shape index (κ1) is 14.2. The molecular formula is C14H15N3O2S. The van der Waals surface area contributed by atoms with Gasteiger partial charge in [0, 0.05) is 10.6 Å². The van der Waals surface area contributed by atoms with Crippen molar-refractivity contribution in [3.63, 3.8) is 0 Å². The third-order valence-corrected chi connectivity index (χ3v) is 3.38. The van der Waals surface area contributed by atoms with Gasteiger partial charge in [-0.3, -0.25) is 0 Å². The molecule has 0 saturated carbocycles. The summed E-state index contributed by atoms with van der Waals surface area (Å²) in [6.45, 7) is 0. The normalized spacial score (nSPS) is 10.1. The number of carbonyl (C=O) groups excluding carboxylic acids is 1. The Morgan fingerprint density at radius 3 is 2.85 bits per heavy atom. The van der Waals surface area contributed by atoms with E-state index in [1.807, 2.05) is 30.5 Å². The quantitative estimate of drug-likeness (QED) is 0.665. The summed E-state index contributed by atoms with van der Waals surface area (Å²) in [6, 6.07) is 11.0. The van der Waals surface area contributed by atoms with Gasteiger partial charge < -0.3 is 15.8 Å². The summed E-state index contributed by atoms with van der Waals surface area (Å²) >= 11 is 1.64. The van der Waals surface area contributed by atoms with E-state index in [0.29, 0.717) is 11.5 Å². The van der Waals surface area contributed by atoms with E-state index in [0.717, 1.165) is 10.6 Å². The average molecular weight is 289 g/mol. The highest BCUT2D eigenvalue weighted by molar-refractivity contribution is 7.98. The molecule has 2 rings (SSSR count). The molecule has 0 aliphatic rings. The summed E-state index contributed by atoms with van der Waals surface area (Å²) in [4.78, 5) is 16.8. The van der Waals surface area contributed by atoms with Gasteiger partial charge in [0.2, 0.25) is 0 Å². The number of methoxy groups -OCH3 is 1. The fourth-order valence-corrected chi connectivity index (χ4v) is 2.09. The zero-order chi connectivity index (χ0) is 14.5. The Labute approximate surface area is 121 Å². The van der Waals surface area contributed by atoms with Crippen LogP contribution in [0.5, 0.6) is 0 Å². The van der Waals surface area contributed by atoms with Gasteiger partial charge in [-0.05, 0) is 36.6 Å². The van der Waals surface area contributed by atoms with E-state index < -0.39 is 5.97 Å². The van der Waals surface area contributed by atoms with Crippen LogP contribution >= 0.6 is 11.8 Å². The SMILES string of the molecule is COC(=O)c1ccc(N)c(Nc2cccc(SC)c2)n1. The molecule has 0 amide bonds. The number of thioether (sulfide) groups is 1. The van der Waals surface area contributed by atoms with Crippen LogP contribution in [-0.4, -0.2) is 24.3 Å². The van der Waals surface area contributed by atoms with Crippen LogP contribution in [0.4, 0.5) is 17.2 Å². The van der Waals surface area contributed by atoms with Crippen molar-refractivity contribution in [2.75, 3.05) is 24.4 Å². The molecule has 1 heterocycles. The minimum Gasteiger partial charge on any atom is -0.464 e. The Bertz CT molecular complexity index is 632. The Morgan fingerprint density at radius 2 is 2.15 bits per heavy atom. The average Bonchev–Trinajstić information content (AvgIpc) is 2.49. The Balaban J connectivity index is 2.30. The first-order chi connectivity index (χ1) is 9.63. The highest BCUT2D eigenvalue weighted by atomic mass is 32.2. The van der Waals surface area contributed by atoms with E-state index in [2.05, 4.69) is 15.0 Å². The van der Waals surface area contributed by atoms with Crippen molar-refractivity contribution in [3.05, 3.63) is 42.1 Å². The predicted octanol–water partition coefficient (Wildman–Crippen LogP) is 2.92. The zero-order valence-electron chi connectivity index (χ0n) is 11.2. The number of nitrogens with two attached hydrogens (primary N) is 1. The van der Waals surface area contributed by atoms with Gasteiger partial charge >= 0.3 is 5.97 Å². The molecule has 0 radical (unpaired) electrons. The molecule has 0 aliphatic heterocycles. The number of hydrogen-bond donors (Lipinski definition) is 2. The summed E-state index contributed by atoms with van der Waals surface area (Å²) in [6.07, 6.45) is 2.00. The maximum atomic E-state index is 11.5. The summed E-state index contributed by atoms with van der Waals surface area (Å²) in [5.41, 5.74) is 7.40. The summed E-state index contributed by atoms with van der Waals surface area (Å²) in [5.74, 6) is -0.0583. The number of nitrogens with zero attached hydrogens (tertiary/aromatic N) is 1. The molecule has 3 N–H and O–H groups in total. The van der Waals surface area contributed by atoms with Gasteiger partial charge in [-0.25, -0.2) is 9.78 Å². The van der Waals surface area contributed by atoms with Crippen LogP contribution in [0.15, 0.2) is 41.3 Å². The lowest BCUT2D eigenvalue weighted by atomic mass is 10.3. The maximum absolute atomic E-state index is 11.5. The second kappa shape index (κ2) is 6.29. The van der Waals surface area contributed by atoms with Crippen molar-refractivity contribution in [2.45, 2.75) is 4.90 Å². The minimum absolute atomic E-state index is 0.213. The van der Waals surface area contributed by atoms with E-state index in [1.54, 1.807) is 17.8 Å². The smallest absolute Gasteiger partial charge is 0.356 e. The van der Waals surface area contributed by atoms with E-state index >= 15 is 0 Å². The number of esters is 1. The van der Waals surface area contributed by atoms with E-state index in [-0.39, 0.29) is 5.69 Å². The molecule has 2 aromatic rings. The molecule has 104 valence electrons. The van der Waals surface area contributed by atoms with Crippen molar-refractivity contribution in [2.24, 2.45) is 0 Å². The first-order valence-electron chi connectivity index (χ1n) is 5.90. The largest absolute Gasteiger partial charge is 0.464 e. The topological polar surface area (TPSA) is 77.2 Å². The molecule has 1 aromatic carbocycles. The molecule has 0 spiro atoms. The Morgan fingerprint density at radius 1 is 1.35 bits per heavy atom. The van der Waals surface area contributed by atoms with Gasteiger partial charge in [0.1, 0.15) is 0 Å². The zero-order valence-corrected chi connectivity index (χ0v) is 12.0. The lowest BCUT2D eigenvalue weighted by Crippen LogP contribution is -2.07. The number of nitrogens with one attached hydrogen (secondary N) is 1. The monoisotopic (exact) mass is 289 g/mol. The van der Waals surface area contributed by atoms with Crippen LogP contribution in [0.3, 0.4) is 0 Å². The second-order valence-corrected chi connectivity index (χ2v) is 4.86. The Kier molecular flexibility index (Phi) is 4.47. The van der Waals surface area contributed by atoms with Crippen LogP contribution in [0.2, 0.25) is 0 Å². The number of benzene rings is 1. The van der Waals surface area contributed by atoms with Gasteiger partial charge in [0.05, 0.1) is 12.8 Å². The van der Waals surface area contributed by atoms with Crippen molar-refractivity contribution < 1.29 is 9.53 Å². The van der Waals surface area contributed by atoms with Crippen LogP contribution in [0, 0.1) is 0 Å². The predicted molar refractivity (Wildman–Crippen MR) is 81.5 cm³/mol. The number of aromatic nitrogens is 1. The second-order valence-electron chi connectivity index (χ2n) is 3.98. The summed E-state index contributed by atoms with van der Waals surface area (Å²) < 4.78 is 4.64. The first-order valence-corrected chi connectivity index (χ1v) is 7.12. The Hall–Kier alpha value is -2.21. The highest BCUT2D eigenvalue weighted by Crippen LogP contribution is 2.24. The molecule has 0 fully saturated rings. The number of anilines is 3. The van der Waals surface area contributed by atoms with Gasteiger partial charge in [-0.2, -0.15) is 0 Å². The number of rotatable bonds is 4. The number of nitrogen functional groups attached to an aromatic ring is 1. The highest BCUT2D eigenvalue weighted by Gasteiger charge is 2.10. The van der Waals surface area contributed by atoms with Crippen LogP contribution in [0.25, 0.3) is 0 Å². The maximum Gasteiger partial charge on any atom is 0.356 e. The third-order valence-electron chi connectivity index (χ3n) is 2.65. The molecule has 6 heteroatoms. The standard InChI is InChI=1S/C14H15N3O2S/c1-19-14(18)12-7-6-11(15)13(17-12)16-9-4-3-5-10(8-9)20-2/h3-8H,15H2,1-2H3,(H,16,17). The van der Waals surface area contributed by atoms with Gasteiger partial charge in [-0.15, -0.1) is 11.8 Å². The summed E-state index contributed by atoms with van der Waals surface area (Å²) in [5, 5.41) is 3.11. The van der Waals surface area contributed by atoms with Crippen molar-refractivity contribution in [1.82, 2.24) is 4.98 Å². The van der Waals surface area contributed by atoms with E-state index in [9.17, 15) is 4.79 Å². The molecule has 0 bridgehead atoms. The van der Waals surface area contributed by atoms with Gasteiger partial charge in [0.15, 0.2) is 11.5 Å². The molecule has 0 saturated heterocycles. The lowest BCUT2D eigenvalue weighted by Gasteiger charge is -2.10.